The van der Waals surface area contributed by atoms with E-state index in [1.807, 2.05) is 0 Å². The third-order valence-corrected chi connectivity index (χ3v) is 4.22. The van der Waals surface area contributed by atoms with E-state index in [4.69, 9.17) is 21.1 Å². The number of fused-ring (bicyclic) bond motifs is 1. The van der Waals surface area contributed by atoms with Crippen LogP contribution in [0.1, 0.15) is 5.56 Å². The molecule has 1 N–H and O–H groups in total. The molecule has 1 heterocycles. The van der Waals surface area contributed by atoms with E-state index in [0.717, 1.165) is 5.56 Å². The molecule has 9 heteroatoms. The summed E-state index contributed by atoms with van der Waals surface area (Å²) in [5.74, 6) is -1.15. The van der Waals surface area contributed by atoms with E-state index in [-0.39, 0.29) is 18.0 Å². The van der Waals surface area contributed by atoms with Gasteiger partial charge < -0.3 is 14.8 Å². The van der Waals surface area contributed by atoms with Crippen LogP contribution in [0.15, 0.2) is 42.5 Å². The third kappa shape index (κ3) is 4.53. The lowest BCUT2D eigenvalue weighted by molar-refractivity contribution is -0.383. The standard InChI is InChI=1S/C18H15ClN2O6/c19-13-5-6-16-11(8-13)7-12(9-26-16)18(23)27-10-17(22)20-14-3-1-2-4-15(14)21(24)25/h1-6,8,12H,7,9-10H2,(H,20,22)/t12-/m0/s1. The number of halogens is 1. The molecule has 0 fully saturated rings. The van der Waals surface area contributed by atoms with E-state index in [2.05, 4.69) is 5.32 Å². The van der Waals surface area contributed by atoms with Crippen LogP contribution in [0.25, 0.3) is 0 Å². The molecule has 0 saturated carbocycles. The Morgan fingerprint density at radius 3 is 2.85 bits per heavy atom. The first-order valence-corrected chi connectivity index (χ1v) is 8.43. The number of amides is 1. The SMILES string of the molecule is O=C(COC(=O)[C@@H]1COc2ccc(Cl)cc2C1)Nc1ccccc1[N+](=O)[O-]. The number of nitrogens with one attached hydrogen (secondary N) is 1. The maximum Gasteiger partial charge on any atom is 0.313 e. The smallest absolute Gasteiger partial charge is 0.313 e. The summed E-state index contributed by atoms with van der Waals surface area (Å²) in [5.41, 5.74) is 0.583. The molecule has 0 radical (unpaired) electrons. The number of nitro benzene ring substituents is 1. The van der Waals surface area contributed by atoms with Crippen molar-refractivity contribution in [2.45, 2.75) is 6.42 Å². The Morgan fingerprint density at radius 2 is 2.07 bits per heavy atom. The van der Waals surface area contributed by atoms with Crippen LogP contribution in [-0.2, 0) is 20.7 Å². The molecule has 3 rings (SSSR count). The zero-order valence-corrected chi connectivity index (χ0v) is 14.8. The van der Waals surface area contributed by atoms with Crippen LogP contribution in [0.5, 0.6) is 5.75 Å². The van der Waals surface area contributed by atoms with E-state index in [1.165, 1.54) is 18.2 Å². The van der Waals surface area contributed by atoms with Gasteiger partial charge >= 0.3 is 5.97 Å². The van der Waals surface area contributed by atoms with Gasteiger partial charge in [-0.3, -0.25) is 19.7 Å². The van der Waals surface area contributed by atoms with Crippen molar-refractivity contribution >= 4 is 34.9 Å². The maximum atomic E-state index is 12.2. The monoisotopic (exact) mass is 390 g/mol. The molecule has 0 spiro atoms. The molecule has 27 heavy (non-hydrogen) atoms. The van der Waals surface area contributed by atoms with Gasteiger partial charge in [0.2, 0.25) is 0 Å². The fourth-order valence-corrected chi connectivity index (χ4v) is 2.89. The van der Waals surface area contributed by atoms with Gasteiger partial charge in [0.15, 0.2) is 6.61 Å². The topological polar surface area (TPSA) is 108 Å². The number of rotatable bonds is 5. The molecule has 0 bridgehead atoms. The summed E-state index contributed by atoms with van der Waals surface area (Å²) in [6, 6.07) is 10.9. The highest BCUT2D eigenvalue weighted by atomic mass is 35.5. The van der Waals surface area contributed by atoms with Crippen molar-refractivity contribution in [1.82, 2.24) is 0 Å². The van der Waals surface area contributed by atoms with E-state index in [9.17, 15) is 19.7 Å². The van der Waals surface area contributed by atoms with E-state index in [1.54, 1.807) is 24.3 Å². The number of nitrogens with zero attached hydrogens (tertiary/aromatic N) is 1. The first-order chi connectivity index (χ1) is 12.9. The van der Waals surface area contributed by atoms with E-state index in [0.29, 0.717) is 17.2 Å². The quantitative estimate of drug-likeness (QED) is 0.477. The summed E-state index contributed by atoms with van der Waals surface area (Å²) in [4.78, 5) is 34.5. The van der Waals surface area contributed by atoms with Crippen LogP contribution in [0.2, 0.25) is 5.02 Å². The second kappa shape index (κ2) is 8.05. The Morgan fingerprint density at radius 1 is 1.30 bits per heavy atom. The van der Waals surface area contributed by atoms with Crippen molar-refractivity contribution < 1.29 is 24.0 Å². The second-order valence-corrected chi connectivity index (χ2v) is 6.33. The molecule has 0 aliphatic carbocycles. The fourth-order valence-electron chi connectivity index (χ4n) is 2.69. The molecule has 0 saturated heterocycles. The molecular weight excluding hydrogens is 376 g/mol. The van der Waals surface area contributed by atoms with Gasteiger partial charge in [-0.2, -0.15) is 0 Å². The van der Waals surface area contributed by atoms with Gasteiger partial charge in [-0.15, -0.1) is 0 Å². The van der Waals surface area contributed by atoms with Gasteiger partial charge in [0.05, 0.1) is 10.8 Å². The first-order valence-electron chi connectivity index (χ1n) is 8.05. The Kier molecular flexibility index (Phi) is 5.56. The minimum absolute atomic E-state index is 0.0353. The van der Waals surface area contributed by atoms with E-state index >= 15 is 0 Å². The van der Waals surface area contributed by atoms with Crippen molar-refractivity contribution in [3.05, 3.63) is 63.2 Å². The van der Waals surface area contributed by atoms with E-state index < -0.39 is 29.3 Å². The van der Waals surface area contributed by atoms with Gasteiger partial charge in [0, 0.05) is 11.1 Å². The summed E-state index contributed by atoms with van der Waals surface area (Å²) in [7, 11) is 0. The Labute approximate surface area is 159 Å². The average molecular weight is 391 g/mol. The highest BCUT2D eigenvalue weighted by molar-refractivity contribution is 6.30. The summed E-state index contributed by atoms with van der Waals surface area (Å²) < 4.78 is 10.5. The highest BCUT2D eigenvalue weighted by Crippen LogP contribution is 2.30. The zero-order chi connectivity index (χ0) is 19.4. The molecule has 1 amide bonds. The van der Waals surface area contributed by atoms with Gasteiger partial charge in [0.1, 0.15) is 18.0 Å². The van der Waals surface area contributed by atoms with Gasteiger partial charge in [-0.25, -0.2) is 0 Å². The summed E-state index contributed by atoms with van der Waals surface area (Å²) in [6.07, 6.45) is 0.389. The lowest BCUT2D eigenvalue weighted by Crippen LogP contribution is -2.32. The maximum absolute atomic E-state index is 12.2. The number of anilines is 1. The van der Waals surface area contributed by atoms with Crippen LogP contribution < -0.4 is 10.1 Å². The predicted octanol–water partition coefficient (Wildman–Crippen LogP) is 2.98. The molecular formula is C18H15ClN2O6. The number of para-hydroxylation sites is 2. The number of nitro groups is 1. The van der Waals surface area contributed by atoms with Crippen LogP contribution in [0.4, 0.5) is 11.4 Å². The molecule has 8 nitrogen and oxygen atoms in total. The molecule has 140 valence electrons. The lowest BCUT2D eigenvalue weighted by atomic mass is 9.97. The Balaban J connectivity index is 1.55. The van der Waals surface area contributed by atoms with Crippen molar-refractivity contribution in [3.63, 3.8) is 0 Å². The largest absolute Gasteiger partial charge is 0.492 e. The summed E-state index contributed by atoms with van der Waals surface area (Å²) in [5, 5.41) is 13.9. The van der Waals surface area contributed by atoms with Crippen LogP contribution >= 0.6 is 11.6 Å². The van der Waals surface area contributed by atoms with Gasteiger partial charge in [-0.1, -0.05) is 23.7 Å². The molecule has 0 aromatic heterocycles. The highest BCUT2D eigenvalue weighted by Gasteiger charge is 2.28. The number of carbonyl (C=O) groups excluding carboxylic acids is 2. The zero-order valence-electron chi connectivity index (χ0n) is 14.0. The van der Waals surface area contributed by atoms with Crippen molar-refractivity contribution in [2.24, 2.45) is 5.92 Å². The molecule has 2 aromatic carbocycles. The number of hydrogen-bond donors (Lipinski definition) is 1. The average Bonchev–Trinajstić information content (AvgIpc) is 2.65. The predicted molar refractivity (Wildman–Crippen MR) is 96.8 cm³/mol. The Bertz CT molecular complexity index is 901. The van der Waals surface area contributed by atoms with Crippen molar-refractivity contribution in [3.8, 4) is 5.75 Å². The molecule has 1 atom stereocenters. The number of ether oxygens (including phenoxy) is 2. The first kappa shape index (κ1) is 18.7. The molecule has 0 unspecified atom stereocenters. The normalized spacial score (nSPS) is 15.2. The van der Waals surface area contributed by atoms with Crippen LogP contribution in [0, 0.1) is 16.0 Å². The fraction of sp³-hybridized carbons (Fsp3) is 0.222. The third-order valence-electron chi connectivity index (χ3n) is 3.98. The number of hydrogen-bond acceptors (Lipinski definition) is 6. The molecule has 2 aromatic rings. The number of esters is 1. The minimum atomic E-state index is -0.669. The Hall–Kier alpha value is -3.13. The second-order valence-electron chi connectivity index (χ2n) is 5.89. The minimum Gasteiger partial charge on any atom is -0.492 e. The van der Waals surface area contributed by atoms with Crippen molar-refractivity contribution in [2.75, 3.05) is 18.5 Å². The van der Waals surface area contributed by atoms with Crippen LogP contribution in [0.3, 0.4) is 0 Å². The van der Waals surface area contributed by atoms with Crippen molar-refractivity contribution in [1.29, 1.82) is 0 Å². The summed E-state index contributed by atoms with van der Waals surface area (Å²) in [6.45, 7) is -0.414. The number of benzene rings is 2. The molecule has 1 aliphatic heterocycles. The van der Waals surface area contributed by atoms with Gasteiger partial charge in [0.25, 0.3) is 11.6 Å². The van der Waals surface area contributed by atoms with Crippen LogP contribution in [-0.4, -0.2) is 30.0 Å². The lowest BCUT2D eigenvalue weighted by Gasteiger charge is -2.24. The molecule has 1 aliphatic rings. The summed E-state index contributed by atoms with van der Waals surface area (Å²) >= 11 is 5.95. The van der Waals surface area contributed by atoms with Gasteiger partial charge in [-0.05, 0) is 36.2 Å². The number of carbonyl (C=O) groups is 2.